The van der Waals surface area contributed by atoms with Gasteiger partial charge < -0.3 is 10.0 Å². The summed E-state index contributed by atoms with van der Waals surface area (Å²) in [6.45, 7) is 2.59. The van der Waals surface area contributed by atoms with E-state index in [1.54, 1.807) is 6.07 Å². The number of hydrogen-bond acceptors (Lipinski definition) is 3. The van der Waals surface area contributed by atoms with Crippen molar-refractivity contribution in [2.45, 2.75) is 38.6 Å². The van der Waals surface area contributed by atoms with Gasteiger partial charge in [-0.2, -0.15) is 0 Å². The van der Waals surface area contributed by atoms with Crippen LogP contribution in [0, 0.1) is 0 Å². The first-order chi connectivity index (χ1) is 8.63. The summed E-state index contributed by atoms with van der Waals surface area (Å²) in [5.41, 5.74) is 0. The number of hydrogen-bond donors (Lipinski definition) is 1. The van der Waals surface area contributed by atoms with Crippen LogP contribution in [0.2, 0.25) is 0 Å². The number of carboxylic acid groups (broad SMARTS) is 1. The van der Waals surface area contributed by atoms with Crippen molar-refractivity contribution in [3.63, 3.8) is 0 Å². The zero-order chi connectivity index (χ0) is 13.1. The lowest BCUT2D eigenvalue weighted by Crippen LogP contribution is -2.47. The summed E-state index contributed by atoms with van der Waals surface area (Å²) in [6.07, 6.45) is 3.24. The van der Waals surface area contributed by atoms with E-state index in [1.165, 1.54) is 16.2 Å². The molecule has 1 aliphatic heterocycles. The Labute approximate surface area is 110 Å². The minimum Gasteiger partial charge on any atom is -0.480 e. The highest BCUT2D eigenvalue weighted by molar-refractivity contribution is 7.14. The van der Waals surface area contributed by atoms with Gasteiger partial charge in [-0.25, -0.2) is 4.79 Å². The molecule has 1 aromatic heterocycles. The molecule has 0 aliphatic carbocycles. The Balaban J connectivity index is 2.17. The van der Waals surface area contributed by atoms with Crippen LogP contribution in [0.5, 0.6) is 0 Å². The van der Waals surface area contributed by atoms with E-state index in [0.717, 1.165) is 24.1 Å². The van der Waals surface area contributed by atoms with Crippen LogP contribution < -0.4 is 0 Å². The van der Waals surface area contributed by atoms with Crippen molar-refractivity contribution in [1.82, 2.24) is 4.90 Å². The zero-order valence-electron chi connectivity index (χ0n) is 10.4. The predicted octanol–water partition coefficient (Wildman–Crippen LogP) is 2.39. The summed E-state index contributed by atoms with van der Waals surface area (Å²) in [7, 11) is 0. The topological polar surface area (TPSA) is 57.6 Å². The van der Waals surface area contributed by atoms with E-state index in [9.17, 15) is 9.59 Å². The predicted molar refractivity (Wildman–Crippen MR) is 70.0 cm³/mol. The molecule has 0 bridgehead atoms. The minimum atomic E-state index is -0.893. The van der Waals surface area contributed by atoms with Crippen molar-refractivity contribution < 1.29 is 14.7 Å². The lowest BCUT2D eigenvalue weighted by molar-refractivity contribution is -0.143. The number of aliphatic carboxylic acids is 1. The number of carbonyl (C=O) groups is 2. The Kier molecular flexibility index (Phi) is 4.01. The van der Waals surface area contributed by atoms with Crippen LogP contribution in [0.4, 0.5) is 0 Å². The molecule has 5 heteroatoms. The number of thiophene rings is 1. The van der Waals surface area contributed by atoms with E-state index in [-0.39, 0.29) is 5.91 Å². The molecule has 1 atom stereocenters. The molecule has 0 unspecified atom stereocenters. The summed E-state index contributed by atoms with van der Waals surface area (Å²) in [5.74, 6) is -1.03. The molecule has 2 rings (SSSR count). The number of likely N-dealkylation sites (tertiary alicyclic amines) is 1. The number of rotatable bonds is 3. The van der Waals surface area contributed by atoms with E-state index in [2.05, 4.69) is 0 Å². The summed E-state index contributed by atoms with van der Waals surface area (Å²) in [5, 5.41) is 9.17. The van der Waals surface area contributed by atoms with Crippen molar-refractivity contribution in [2.75, 3.05) is 6.54 Å². The smallest absolute Gasteiger partial charge is 0.326 e. The van der Waals surface area contributed by atoms with Crippen LogP contribution >= 0.6 is 11.3 Å². The van der Waals surface area contributed by atoms with Crippen molar-refractivity contribution in [3.05, 3.63) is 21.9 Å². The first kappa shape index (κ1) is 13.1. The third-order valence-electron chi connectivity index (χ3n) is 3.27. The Morgan fingerprint density at radius 3 is 2.83 bits per heavy atom. The van der Waals surface area contributed by atoms with E-state index < -0.39 is 12.0 Å². The van der Waals surface area contributed by atoms with Gasteiger partial charge in [0.2, 0.25) is 0 Å². The van der Waals surface area contributed by atoms with Gasteiger partial charge in [-0.3, -0.25) is 4.79 Å². The molecule has 0 spiro atoms. The zero-order valence-corrected chi connectivity index (χ0v) is 11.2. The van der Waals surface area contributed by atoms with Gasteiger partial charge >= 0.3 is 5.97 Å². The molecule has 0 saturated carbocycles. The van der Waals surface area contributed by atoms with Crippen molar-refractivity contribution >= 4 is 23.2 Å². The number of amides is 1. The Hall–Kier alpha value is -1.36. The molecule has 18 heavy (non-hydrogen) atoms. The highest BCUT2D eigenvalue weighted by Gasteiger charge is 2.32. The number of carboxylic acids is 1. The molecule has 1 fully saturated rings. The van der Waals surface area contributed by atoms with Gasteiger partial charge in [0.15, 0.2) is 0 Å². The molecule has 1 saturated heterocycles. The number of piperidine rings is 1. The van der Waals surface area contributed by atoms with E-state index >= 15 is 0 Å². The third kappa shape index (κ3) is 2.56. The summed E-state index contributed by atoms with van der Waals surface area (Å²) >= 11 is 1.46. The maximum atomic E-state index is 12.3. The molecule has 4 nitrogen and oxygen atoms in total. The van der Waals surface area contributed by atoms with Crippen LogP contribution in [-0.2, 0) is 11.2 Å². The van der Waals surface area contributed by atoms with Gasteiger partial charge in [-0.1, -0.05) is 6.92 Å². The molecule has 1 aromatic rings. The number of aryl methyl sites for hydroxylation is 1. The molecule has 2 heterocycles. The van der Waals surface area contributed by atoms with Crippen LogP contribution in [0.15, 0.2) is 12.1 Å². The fourth-order valence-electron chi connectivity index (χ4n) is 2.26. The van der Waals surface area contributed by atoms with Crippen molar-refractivity contribution in [1.29, 1.82) is 0 Å². The van der Waals surface area contributed by atoms with Gasteiger partial charge in [0.05, 0.1) is 4.88 Å². The summed E-state index contributed by atoms with van der Waals surface area (Å²) < 4.78 is 0. The van der Waals surface area contributed by atoms with Gasteiger partial charge in [-0.05, 0) is 37.8 Å². The molecular formula is C13H17NO3S. The van der Waals surface area contributed by atoms with Gasteiger partial charge in [0.1, 0.15) is 6.04 Å². The van der Waals surface area contributed by atoms with E-state index in [4.69, 9.17) is 5.11 Å². The average molecular weight is 267 g/mol. The third-order valence-corrected chi connectivity index (χ3v) is 4.49. The Morgan fingerprint density at radius 2 is 2.22 bits per heavy atom. The van der Waals surface area contributed by atoms with Crippen LogP contribution in [0.1, 0.15) is 40.7 Å². The largest absolute Gasteiger partial charge is 0.480 e. The molecule has 1 aliphatic rings. The van der Waals surface area contributed by atoms with E-state index in [0.29, 0.717) is 17.8 Å². The molecular weight excluding hydrogens is 250 g/mol. The van der Waals surface area contributed by atoms with Gasteiger partial charge in [0, 0.05) is 11.4 Å². The molecule has 0 radical (unpaired) electrons. The number of carbonyl (C=O) groups excluding carboxylic acids is 1. The Morgan fingerprint density at radius 1 is 1.44 bits per heavy atom. The second-order valence-electron chi connectivity index (χ2n) is 4.47. The monoisotopic (exact) mass is 267 g/mol. The summed E-state index contributed by atoms with van der Waals surface area (Å²) in [6, 6.07) is 3.09. The van der Waals surface area contributed by atoms with Gasteiger partial charge in [-0.15, -0.1) is 11.3 Å². The normalized spacial score (nSPS) is 19.8. The van der Waals surface area contributed by atoms with Crippen LogP contribution in [0.25, 0.3) is 0 Å². The standard InChI is InChI=1S/C13H17NO3S/c1-2-9-6-7-11(18-9)12(15)14-8-4-3-5-10(14)13(16)17/h6-7,10H,2-5,8H2,1H3,(H,16,17)/t10-/m0/s1. The lowest BCUT2D eigenvalue weighted by atomic mass is 10.0. The molecule has 1 N–H and O–H groups in total. The fourth-order valence-corrected chi connectivity index (χ4v) is 3.16. The van der Waals surface area contributed by atoms with Gasteiger partial charge in [0.25, 0.3) is 5.91 Å². The minimum absolute atomic E-state index is 0.133. The lowest BCUT2D eigenvalue weighted by Gasteiger charge is -2.32. The molecule has 0 aromatic carbocycles. The quantitative estimate of drug-likeness (QED) is 0.914. The second-order valence-corrected chi connectivity index (χ2v) is 5.64. The fraction of sp³-hybridized carbons (Fsp3) is 0.538. The maximum Gasteiger partial charge on any atom is 0.326 e. The summed E-state index contributed by atoms with van der Waals surface area (Å²) in [4.78, 5) is 26.8. The first-order valence-electron chi connectivity index (χ1n) is 6.26. The maximum absolute atomic E-state index is 12.3. The highest BCUT2D eigenvalue weighted by Crippen LogP contribution is 2.24. The van der Waals surface area contributed by atoms with Crippen molar-refractivity contribution in [2.24, 2.45) is 0 Å². The number of nitrogens with zero attached hydrogens (tertiary/aromatic N) is 1. The van der Waals surface area contributed by atoms with Crippen LogP contribution in [0.3, 0.4) is 0 Å². The second kappa shape index (κ2) is 5.52. The molecule has 1 amide bonds. The van der Waals surface area contributed by atoms with E-state index in [1.807, 2.05) is 13.0 Å². The molecule has 98 valence electrons. The first-order valence-corrected chi connectivity index (χ1v) is 7.07. The SMILES string of the molecule is CCc1ccc(C(=O)N2CCCC[C@H]2C(=O)O)s1. The highest BCUT2D eigenvalue weighted by atomic mass is 32.1. The average Bonchev–Trinajstić information content (AvgIpc) is 2.86. The van der Waals surface area contributed by atoms with Crippen LogP contribution in [-0.4, -0.2) is 34.5 Å². The van der Waals surface area contributed by atoms with Crippen molar-refractivity contribution in [3.8, 4) is 0 Å². The Bertz CT molecular complexity index is 455.